The van der Waals surface area contributed by atoms with Crippen LogP contribution < -0.4 is 6.15 Å². The van der Waals surface area contributed by atoms with Gasteiger partial charge in [0.05, 0.1) is 5.69 Å². The van der Waals surface area contributed by atoms with Crippen molar-refractivity contribution in [1.82, 2.24) is 6.15 Å². The Morgan fingerprint density at radius 1 is 0.900 bits per heavy atom. The Morgan fingerprint density at radius 3 is 1.50 bits per heavy atom. The summed E-state index contributed by atoms with van der Waals surface area (Å²) in [6.45, 7) is 1.93. The Hall–Kier alpha value is -2.02. The fourth-order valence-electron chi connectivity index (χ4n) is 0.960. The van der Waals surface area contributed by atoms with Crippen LogP contribution in [0.4, 0.5) is 5.69 Å². The van der Waals surface area contributed by atoms with Crippen LogP contribution in [0.3, 0.4) is 0 Å². The molecule has 0 aromatic heterocycles. The number of aliphatic hydroxyl groups is 1. The highest BCUT2D eigenvalue weighted by atomic mass is 32.2. The normalized spacial score (nSPS) is 7.70. The third-order valence-electron chi connectivity index (χ3n) is 1.60. The monoisotopic (exact) mass is 296 g/mol. The summed E-state index contributed by atoms with van der Waals surface area (Å²) in [6, 6.07) is 20.5. The Kier molecular flexibility index (Phi) is 15.3. The van der Waals surface area contributed by atoms with E-state index in [0.717, 1.165) is 0 Å². The van der Waals surface area contributed by atoms with Crippen LogP contribution in [0.1, 0.15) is 6.92 Å². The number of aliphatic hydroxyl groups excluding tert-OH is 1. The molecule has 0 atom stereocenters. The van der Waals surface area contributed by atoms with Crippen LogP contribution in [-0.2, 0) is 10.5 Å². The molecule has 2 aromatic rings. The van der Waals surface area contributed by atoms with Gasteiger partial charge in [0.15, 0.2) is 0 Å². The van der Waals surface area contributed by atoms with E-state index >= 15 is 0 Å². The number of rotatable bonds is 1. The molecule has 0 saturated heterocycles. The Morgan fingerprint density at radius 2 is 1.20 bits per heavy atom. The molecular formula is C14H20N2O3S. The number of nitrogens with zero attached hydrogens (tertiary/aromatic N) is 1. The van der Waals surface area contributed by atoms with Gasteiger partial charge < -0.3 is 11.3 Å². The summed E-state index contributed by atoms with van der Waals surface area (Å²) in [7, 11) is -2.34. The molecule has 2 aromatic carbocycles. The van der Waals surface area contributed by atoms with Gasteiger partial charge in [-0.05, 0) is 19.1 Å². The summed E-state index contributed by atoms with van der Waals surface area (Å²) >= 11 is 0. The van der Waals surface area contributed by atoms with Gasteiger partial charge in [-0.1, -0.05) is 54.6 Å². The van der Waals surface area contributed by atoms with Gasteiger partial charge in [0.25, 0.3) is 0 Å². The molecule has 6 heteroatoms. The zero-order valence-corrected chi connectivity index (χ0v) is 12.2. The maximum absolute atomic E-state index is 10.0. The van der Waals surface area contributed by atoms with Crippen LogP contribution >= 0.6 is 0 Å². The Labute approximate surface area is 121 Å². The first-order chi connectivity index (χ1) is 9.20. The largest absolute Gasteiger partial charge is 0.397 e. The molecule has 0 radical (unpaired) electrons. The maximum Gasteiger partial charge on any atom is 0.316 e. The van der Waals surface area contributed by atoms with Gasteiger partial charge in [0.1, 0.15) is 0 Å². The molecule has 110 valence electrons. The predicted octanol–water partition coefficient (Wildman–Crippen LogP) is 3.23. The molecule has 0 saturated carbocycles. The molecule has 0 aliphatic carbocycles. The van der Waals surface area contributed by atoms with E-state index in [4.69, 9.17) is 5.11 Å². The van der Waals surface area contributed by atoms with Crippen molar-refractivity contribution >= 4 is 16.2 Å². The van der Waals surface area contributed by atoms with Crippen molar-refractivity contribution < 1.29 is 13.5 Å². The van der Waals surface area contributed by atoms with Crippen LogP contribution in [0.2, 0.25) is 0 Å². The lowest BCUT2D eigenvalue weighted by Crippen LogP contribution is -1.60. The third kappa shape index (κ3) is 14.0. The van der Waals surface area contributed by atoms with Crippen LogP contribution in [0.15, 0.2) is 71.1 Å². The summed E-state index contributed by atoms with van der Waals surface area (Å²) in [4.78, 5) is 0. The molecule has 0 bridgehead atoms. The van der Waals surface area contributed by atoms with Crippen LogP contribution in [0.5, 0.6) is 0 Å². The van der Waals surface area contributed by atoms with Gasteiger partial charge >= 0.3 is 10.5 Å². The molecule has 4 N–H and O–H groups in total. The molecule has 5 nitrogen and oxygen atoms in total. The van der Waals surface area contributed by atoms with Gasteiger partial charge in [-0.3, -0.25) is 0 Å². The molecule has 0 fully saturated rings. The van der Waals surface area contributed by atoms with Gasteiger partial charge in [0, 0.05) is 6.61 Å². The molecule has 0 aliphatic rings. The fourth-order valence-corrected chi connectivity index (χ4v) is 1.25. The summed E-state index contributed by atoms with van der Waals surface area (Å²) in [6.07, 6.45) is 0. The summed E-state index contributed by atoms with van der Waals surface area (Å²) in [5.74, 6) is 0. The minimum Gasteiger partial charge on any atom is -0.397 e. The second-order valence-corrected chi connectivity index (χ2v) is 3.73. The predicted molar refractivity (Wildman–Crippen MR) is 81.7 cm³/mol. The van der Waals surface area contributed by atoms with Gasteiger partial charge in [-0.15, -0.1) is 4.36 Å². The summed E-state index contributed by atoms with van der Waals surface area (Å²) in [5, 5.41) is 7.57. The molecule has 2 rings (SSSR count). The number of hydrogen-bond acceptors (Lipinski definition) is 5. The molecule has 0 amide bonds. The highest BCUT2D eigenvalue weighted by molar-refractivity contribution is 7.61. The Bertz CT molecular complexity index is 508. The molecule has 0 aliphatic heterocycles. The SMILES string of the molecule is CCO.N.O=S(=O)=Nc1ccccc1.c1ccccc1. The lowest BCUT2D eigenvalue weighted by atomic mass is 10.3. The zero-order chi connectivity index (χ0) is 14.3. The average Bonchev–Trinajstić information content (AvgIpc) is 2.43. The molecule has 0 spiro atoms. The van der Waals surface area contributed by atoms with E-state index in [1.54, 1.807) is 37.3 Å². The van der Waals surface area contributed by atoms with Gasteiger partial charge in [0.2, 0.25) is 0 Å². The maximum atomic E-state index is 10.0. The molecular weight excluding hydrogens is 276 g/mol. The summed E-state index contributed by atoms with van der Waals surface area (Å²) in [5.41, 5.74) is 0.454. The second kappa shape index (κ2) is 15.0. The minimum absolute atomic E-state index is 0. The average molecular weight is 296 g/mol. The topological polar surface area (TPSA) is 102 Å². The first-order valence-electron chi connectivity index (χ1n) is 5.67. The van der Waals surface area contributed by atoms with E-state index in [-0.39, 0.29) is 12.8 Å². The van der Waals surface area contributed by atoms with Crippen LogP contribution in [-0.4, -0.2) is 20.1 Å². The molecule has 0 unspecified atom stereocenters. The fraction of sp³-hybridized carbons (Fsp3) is 0.143. The molecule has 0 heterocycles. The molecule has 20 heavy (non-hydrogen) atoms. The zero-order valence-electron chi connectivity index (χ0n) is 11.4. The quantitative estimate of drug-likeness (QED) is 0.843. The first-order valence-corrected chi connectivity index (χ1v) is 6.71. The van der Waals surface area contributed by atoms with E-state index in [1.807, 2.05) is 36.4 Å². The first kappa shape index (κ1) is 20.3. The Balaban J connectivity index is 0. The van der Waals surface area contributed by atoms with Crippen LogP contribution in [0.25, 0.3) is 0 Å². The van der Waals surface area contributed by atoms with Crippen molar-refractivity contribution in [2.75, 3.05) is 6.61 Å². The highest BCUT2D eigenvalue weighted by Crippen LogP contribution is 2.07. The second-order valence-electron chi connectivity index (χ2n) is 3.11. The number of hydrogen-bond donors (Lipinski definition) is 2. The van der Waals surface area contributed by atoms with Crippen LogP contribution in [0, 0.1) is 0 Å². The van der Waals surface area contributed by atoms with Crippen molar-refractivity contribution in [3.8, 4) is 0 Å². The van der Waals surface area contributed by atoms with Crippen molar-refractivity contribution in [2.24, 2.45) is 4.36 Å². The smallest absolute Gasteiger partial charge is 0.316 e. The third-order valence-corrected chi connectivity index (χ3v) is 1.96. The van der Waals surface area contributed by atoms with Crippen molar-refractivity contribution in [3.05, 3.63) is 66.7 Å². The van der Waals surface area contributed by atoms with Gasteiger partial charge in [-0.25, -0.2) is 0 Å². The lowest BCUT2D eigenvalue weighted by Gasteiger charge is -1.83. The van der Waals surface area contributed by atoms with E-state index < -0.39 is 10.5 Å². The minimum atomic E-state index is -2.34. The number of benzene rings is 2. The van der Waals surface area contributed by atoms with E-state index in [0.29, 0.717) is 5.69 Å². The van der Waals surface area contributed by atoms with Crippen molar-refractivity contribution in [1.29, 1.82) is 0 Å². The summed E-state index contributed by atoms with van der Waals surface area (Å²) < 4.78 is 23.3. The van der Waals surface area contributed by atoms with Crippen molar-refractivity contribution in [3.63, 3.8) is 0 Å². The van der Waals surface area contributed by atoms with Crippen molar-refractivity contribution in [2.45, 2.75) is 6.92 Å². The van der Waals surface area contributed by atoms with Gasteiger partial charge in [-0.2, -0.15) is 8.42 Å². The van der Waals surface area contributed by atoms with E-state index in [9.17, 15) is 8.42 Å². The standard InChI is InChI=1S/C6H5NO2S.C6H6.C2H6O.H3N/c8-10(9)7-6-4-2-1-3-5-6;1-2-4-6-5-3-1;1-2-3;/h1-5H;1-6H;3H,2H2,1H3;1H3. The highest BCUT2D eigenvalue weighted by Gasteiger charge is 1.82. The lowest BCUT2D eigenvalue weighted by molar-refractivity contribution is 0.318. The van der Waals surface area contributed by atoms with E-state index in [1.165, 1.54) is 0 Å². The van der Waals surface area contributed by atoms with E-state index in [2.05, 4.69) is 4.36 Å².